The number of alkyl halides is 3. The Bertz CT molecular complexity index is 1250. The Kier molecular flexibility index (Phi) is 5.21. The molecule has 3 aromatic rings. The van der Waals surface area contributed by atoms with Gasteiger partial charge in [0.25, 0.3) is 10.0 Å². The number of nitrogens with zero attached hydrogens (tertiary/aromatic N) is 3. The van der Waals surface area contributed by atoms with Crippen LogP contribution in [0.5, 0.6) is 5.75 Å². The number of aromatic nitrogens is 2. The molecule has 0 aliphatic carbocycles. The normalized spacial score (nSPS) is 14.2. The van der Waals surface area contributed by atoms with Crippen molar-refractivity contribution >= 4 is 39.0 Å². The zero-order valence-corrected chi connectivity index (χ0v) is 17.3. The van der Waals surface area contributed by atoms with E-state index in [4.69, 9.17) is 20.9 Å². The summed E-state index contributed by atoms with van der Waals surface area (Å²) in [5.41, 5.74) is -0.0618. The number of nitrogens with one attached hydrogen (secondary N) is 1. The molecular formula is C18H14ClF3N4O4S. The summed E-state index contributed by atoms with van der Waals surface area (Å²) in [5, 5.41) is 3.42. The van der Waals surface area contributed by atoms with Crippen LogP contribution in [-0.4, -0.2) is 31.7 Å². The second-order valence-corrected chi connectivity index (χ2v) is 8.64. The Hall–Kier alpha value is -2.99. The van der Waals surface area contributed by atoms with Crippen molar-refractivity contribution in [3.8, 4) is 5.75 Å². The highest BCUT2D eigenvalue weighted by Gasteiger charge is 2.32. The van der Waals surface area contributed by atoms with E-state index in [1.54, 1.807) is 4.90 Å². The maximum absolute atomic E-state index is 12.9. The average molecular weight is 475 g/mol. The minimum Gasteiger partial charge on any atom is -0.489 e. The highest BCUT2D eigenvalue weighted by atomic mass is 35.5. The largest absolute Gasteiger partial charge is 0.489 e. The molecule has 0 atom stereocenters. The van der Waals surface area contributed by atoms with Gasteiger partial charge in [-0.15, -0.1) is 0 Å². The number of halogens is 4. The van der Waals surface area contributed by atoms with Crippen molar-refractivity contribution in [2.24, 2.45) is 0 Å². The molecule has 0 amide bonds. The lowest BCUT2D eigenvalue weighted by Crippen LogP contribution is -2.29. The van der Waals surface area contributed by atoms with Crippen LogP contribution in [0.1, 0.15) is 11.4 Å². The molecule has 2 heterocycles. The fourth-order valence-electron chi connectivity index (χ4n) is 3.03. The number of fused-ring (bicyclic) bond motifs is 1. The predicted molar refractivity (Wildman–Crippen MR) is 105 cm³/mol. The van der Waals surface area contributed by atoms with E-state index < -0.39 is 21.8 Å². The van der Waals surface area contributed by atoms with Gasteiger partial charge in [-0.2, -0.15) is 18.2 Å². The van der Waals surface area contributed by atoms with E-state index in [1.807, 2.05) is 0 Å². The van der Waals surface area contributed by atoms with Gasteiger partial charge >= 0.3 is 12.2 Å². The molecule has 4 rings (SSSR count). The first-order valence-corrected chi connectivity index (χ1v) is 10.6. The van der Waals surface area contributed by atoms with Crippen molar-refractivity contribution in [3.05, 3.63) is 52.8 Å². The van der Waals surface area contributed by atoms with Crippen molar-refractivity contribution in [1.29, 1.82) is 0 Å². The van der Waals surface area contributed by atoms with Gasteiger partial charge in [0.2, 0.25) is 0 Å². The Morgan fingerprint density at radius 2 is 1.90 bits per heavy atom. The number of sulfonamides is 1. The number of ether oxygens (including phenoxy) is 1. The molecule has 0 radical (unpaired) electrons. The lowest BCUT2D eigenvalue weighted by molar-refractivity contribution is -0.137. The number of hydrogen-bond acceptors (Lipinski definition) is 7. The van der Waals surface area contributed by atoms with E-state index in [1.165, 1.54) is 31.2 Å². The van der Waals surface area contributed by atoms with E-state index in [0.717, 1.165) is 12.1 Å². The van der Waals surface area contributed by atoms with Crippen molar-refractivity contribution in [1.82, 2.24) is 10.1 Å². The van der Waals surface area contributed by atoms with Gasteiger partial charge in [0.15, 0.2) is 5.82 Å². The van der Waals surface area contributed by atoms with Gasteiger partial charge in [-0.25, -0.2) is 13.1 Å². The molecule has 0 fully saturated rings. The summed E-state index contributed by atoms with van der Waals surface area (Å²) in [5.74, 6) is 0.488. The summed E-state index contributed by atoms with van der Waals surface area (Å²) in [7, 11) is -4.04. The standard InChI is InChI=1S/C18H14ClF3N4O4S/c1-10-23-17(30-24-10)25-31(27,28)12-3-5-15-16(9-12)29-7-6-26(15)14-4-2-11(8-13(14)19)18(20,21)22/h2-5,8-9H,6-7H2,1H3,(H,23,24,25). The fraction of sp³-hybridized carbons (Fsp3) is 0.222. The molecule has 1 aliphatic rings. The monoisotopic (exact) mass is 474 g/mol. The Morgan fingerprint density at radius 3 is 2.55 bits per heavy atom. The molecule has 1 N–H and O–H groups in total. The van der Waals surface area contributed by atoms with Crippen LogP contribution in [0.4, 0.5) is 30.6 Å². The Balaban J connectivity index is 1.66. The lowest BCUT2D eigenvalue weighted by atomic mass is 10.1. The molecule has 0 saturated heterocycles. The summed E-state index contributed by atoms with van der Waals surface area (Å²) >= 11 is 6.12. The van der Waals surface area contributed by atoms with Crippen LogP contribution < -0.4 is 14.4 Å². The van der Waals surface area contributed by atoms with E-state index in [-0.39, 0.29) is 34.1 Å². The van der Waals surface area contributed by atoms with Crippen molar-refractivity contribution in [2.45, 2.75) is 18.0 Å². The molecule has 2 aromatic carbocycles. The van der Waals surface area contributed by atoms with Crippen LogP contribution in [0.2, 0.25) is 5.02 Å². The van der Waals surface area contributed by atoms with E-state index >= 15 is 0 Å². The molecule has 0 unspecified atom stereocenters. The van der Waals surface area contributed by atoms with Crippen LogP contribution >= 0.6 is 11.6 Å². The van der Waals surface area contributed by atoms with Gasteiger partial charge in [-0.1, -0.05) is 16.8 Å². The highest BCUT2D eigenvalue weighted by molar-refractivity contribution is 7.92. The average Bonchev–Trinajstić information content (AvgIpc) is 3.10. The quantitative estimate of drug-likeness (QED) is 0.599. The Morgan fingerprint density at radius 1 is 1.16 bits per heavy atom. The molecule has 0 spiro atoms. The second kappa shape index (κ2) is 7.61. The van der Waals surface area contributed by atoms with E-state index in [2.05, 4.69) is 14.9 Å². The van der Waals surface area contributed by atoms with Crippen LogP contribution in [0.15, 0.2) is 45.8 Å². The topological polar surface area (TPSA) is 97.6 Å². The van der Waals surface area contributed by atoms with Crippen LogP contribution in [0.25, 0.3) is 0 Å². The highest BCUT2D eigenvalue weighted by Crippen LogP contribution is 2.42. The smallest absolute Gasteiger partial charge is 0.416 e. The minimum absolute atomic E-state index is 0.0900. The maximum atomic E-state index is 12.9. The summed E-state index contributed by atoms with van der Waals surface area (Å²) in [6, 6.07) is 6.87. The molecule has 8 nitrogen and oxygen atoms in total. The molecular weight excluding hydrogens is 461 g/mol. The molecule has 0 bridgehead atoms. The number of benzene rings is 2. The van der Waals surface area contributed by atoms with Crippen molar-refractivity contribution in [3.63, 3.8) is 0 Å². The number of hydrogen-bond donors (Lipinski definition) is 1. The first kappa shape index (κ1) is 21.2. The second-order valence-electron chi connectivity index (χ2n) is 6.55. The van der Waals surface area contributed by atoms with Crippen LogP contribution in [0.3, 0.4) is 0 Å². The van der Waals surface area contributed by atoms with E-state index in [0.29, 0.717) is 17.9 Å². The van der Waals surface area contributed by atoms with Gasteiger partial charge in [-0.05, 0) is 37.3 Å². The fourth-order valence-corrected chi connectivity index (χ4v) is 4.25. The summed E-state index contributed by atoms with van der Waals surface area (Å²) in [6.45, 7) is 2.02. The maximum Gasteiger partial charge on any atom is 0.416 e. The van der Waals surface area contributed by atoms with E-state index in [9.17, 15) is 21.6 Å². The molecule has 1 aliphatic heterocycles. The summed E-state index contributed by atoms with van der Waals surface area (Å²) < 4.78 is 76.5. The lowest BCUT2D eigenvalue weighted by Gasteiger charge is -2.32. The SMILES string of the molecule is Cc1noc(NS(=O)(=O)c2ccc3c(c2)OCCN3c2ccc(C(F)(F)F)cc2Cl)n1. The molecule has 1 aromatic heterocycles. The summed E-state index contributed by atoms with van der Waals surface area (Å²) in [4.78, 5) is 5.33. The van der Waals surface area contributed by atoms with Gasteiger partial charge in [0.1, 0.15) is 12.4 Å². The van der Waals surface area contributed by atoms with Gasteiger partial charge in [0.05, 0.1) is 33.4 Å². The van der Waals surface area contributed by atoms with Crippen molar-refractivity contribution < 1.29 is 30.8 Å². The molecule has 31 heavy (non-hydrogen) atoms. The molecule has 13 heteroatoms. The zero-order chi connectivity index (χ0) is 22.4. The zero-order valence-electron chi connectivity index (χ0n) is 15.8. The first-order chi connectivity index (χ1) is 14.5. The third-order valence-corrected chi connectivity index (χ3v) is 6.04. The van der Waals surface area contributed by atoms with Crippen molar-refractivity contribution in [2.75, 3.05) is 22.8 Å². The summed E-state index contributed by atoms with van der Waals surface area (Å²) in [6.07, 6.45) is -4.52. The minimum atomic E-state index is -4.52. The van der Waals surface area contributed by atoms with Gasteiger partial charge in [0, 0.05) is 6.07 Å². The molecule has 164 valence electrons. The number of rotatable bonds is 4. The number of anilines is 3. The third-order valence-electron chi connectivity index (χ3n) is 4.42. The van der Waals surface area contributed by atoms with Gasteiger partial charge < -0.3 is 14.2 Å². The van der Waals surface area contributed by atoms with Crippen LogP contribution in [-0.2, 0) is 16.2 Å². The Labute approximate surface area is 179 Å². The first-order valence-electron chi connectivity index (χ1n) is 8.79. The van der Waals surface area contributed by atoms with Gasteiger partial charge in [-0.3, -0.25) is 0 Å². The number of aryl methyl sites for hydroxylation is 1. The third kappa shape index (κ3) is 4.26. The molecule has 0 saturated carbocycles. The predicted octanol–water partition coefficient (Wildman–Crippen LogP) is 4.38. The van der Waals surface area contributed by atoms with Crippen LogP contribution in [0, 0.1) is 6.92 Å².